The molecule has 0 aliphatic carbocycles. The largest absolute Gasteiger partial charge is 0.495 e. The number of aryl methyl sites for hydroxylation is 1. The summed E-state index contributed by atoms with van der Waals surface area (Å²) in [6, 6.07) is 20.4. The highest BCUT2D eigenvalue weighted by atomic mass is 19.1. The number of ether oxygens (including phenoxy) is 1. The van der Waals surface area contributed by atoms with Crippen molar-refractivity contribution in [1.82, 2.24) is 0 Å². The Morgan fingerprint density at radius 1 is 0.966 bits per heavy atom. The summed E-state index contributed by atoms with van der Waals surface area (Å²) in [5.41, 5.74) is 2.01. The van der Waals surface area contributed by atoms with Gasteiger partial charge in [0.05, 0.1) is 12.8 Å². The average molecular weight is 391 g/mol. The molecule has 0 aromatic heterocycles. The number of carbonyl (C=O) groups is 2. The van der Waals surface area contributed by atoms with E-state index in [-0.39, 0.29) is 11.3 Å². The monoisotopic (exact) mass is 391 g/mol. The van der Waals surface area contributed by atoms with Gasteiger partial charge in [-0.1, -0.05) is 42.5 Å². The summed E-state index contributed by atoms with van der Waals surface area (Å²) >= 11 is 0. The minimum Gasteiger partial charge on any atom is -0.495 e. The molecule has 1 amide bonds. The Morgan fingerprint density at radius 2 is 1.72 bits per heavy atom. The van der Waals surface area contributed by atoms with E-state index in [9.17, 15) is 14.0 Å². The van der Waals surface area contributed by atoms with E-state index in [4.69, 9.17) is 4.74 Å². The lowest BCUT2D eigenvalue weighted by Crippen LogP contribution is -2.16. The number of ketones is 1. The number of para-hydroxylation sites is 1. The van der Waals surface area contributed by atoms with E-state index in [0.29, 0.717) is 29.8 Å². The normalized spacial score (nSPS) is 10.4. The lowest BCUT2D eigenvalue weighted by molar-refractivity contribution is 0.0981. The van der Waals surface area contributed by atoms with Gasteiger partial charge in [0.25, 0.3) is 5.91 Å². The minimum atomic E-state index is -0.507. The third-order valence-electron chi connectivity index (χ3n) is 4.58. The van der Waals surface area contributed by atoms with Crippen LogP contribution in [0.15, 0.2) is 72.8 Å². The third-order valence-corrected chi connectivity index (χ3v) is 4.58. The predicted octanol–water partition coefficient (Wildman–Crippen LogP) is 5.29. The van der Waals surface area contributed by atoms with Crippen molar-refractivity contribution in [3.63, 3.8) is 0 Å². The first kappa shape index (κ1) is 20.3. The number of hydrogen-bond donors (Lipinski definition) is 1. The third kappa shape index (κ3) is 5.29. The molecule has 0 saturated carbocycles. The summed E-state index contributed by atoms with van der Waals surface area (Å²) in [6.07, 6.45) is 1.82. The number of hydrogen-bond acceptors (Lipinski definition) is 3. The number of Topliss-reactive ketones (excluding diaryl/α,β-unsaturated/α-hetero) is 1. The van der Waals surface area contributed by atoms with Crippen LogP contribution in [-0.4, -0.2) is 18.8 Å². The highest BCUT2D eigenvalue weighted by Crippen LogP contribution is 2.30. The second-order valence-electron chi connectivity index (χ2n) is 6.61. The van der Waals surface area contributed by atoms with Crippen LogP contribution in [0.1, 0.15) is 39.1 Å². The summed E-state index contributed by atoms with van der Waals surface area (Å²) in [4.78, 5) is 25.4. The quantitative estimate of drug-likeness (QED) is 0.531. The van der Waals surface area contributed by atoms with Crippen molar-refractivity contribution in [3.8, 4) is 5.75 Å². The number of rotatable bonds is 8. The molecule has 0 bridgehead atoms. The van der Waals surface area contributed by atoms with Gasteiger partial charge in [0.1, 0.15) is 11.6 Å². The van der Waals surface area contributed by atoms with Crippen LogP contribution in [0.3, 0.4) is 0 Å². The molecule has 1 N–H and O–H groups in total. The Labute approximate surface area is 169 Å². The van der Waals surface area contributed by atoms with Gasteiger partial charge in [0.2, 0.25) is 0 Å². The molecule has 3 aromatic rings. The Morgan fingerprint density at radius 3 is 2.45 bits per heavy atom. The number of nitrogens with one attached hydrogen (secondary N) is 1. The van der Waals surface area contributed by atoms with Crippen LogP contribution >= 0.6 is 0 Å². The van der Waals surface area contributed by atoms with Crippen molar-refractivity contribution in [2.75, 3.05) is 12.4 Å². The van der Waals surface area contributed by atoms with Gasteiger partial charge >= 0.3 is 0 Å². The molecule has 0 aliphatic heterocycles. The van der Waals surface area contributed by atoms with Crippen molar-refractivity contribution >= 4 is 17.4 Å². The number of anilines is 1. The highest BCUT2D eigenvalue weighted by Gasteiger charge is 2.18. The van der Waals surface area contributed by atoms with E-state index in [0.717, 1.165) is 12.5 Å². The fourth-order valence-electron chi connectivity index (χ4n) is 3.11. The first-order valence-electron chi connectivity index (χ1n) is 9.39. The average Bonchev–Trinajstić information content (AvgIpc) is 2.74. The maximum absolute atomic E-state index is 13.4. The van der Waals surface area contributed by atoms with Gasteiger partial charge in [-0.05, 0) is 48.7 Å². The van der Waals surface area contributed by atoms with Crippen LogP contribution in [-0.2, 0) is 6.42 Å². The van der Waals surface area contributed by atoms with Crippen LogP contribution in [0.2, 0.25) is 0 Å². The van der Waals surface area contributed by atoms with Crippen LogP contribution in [0.4, 0.5) is 10.1 Å². The van der Waals surface area contributed by atoms with Gasteiger partial charge in [-0.15, -0.1) is 0 Å². The second-order valence-corrected chi connectivity index (χ2v) is 6.61. The molecule has 0 fully saturated rings. The van der Waals surface area contributed by atoms with E-state index in [1.165, 1.54) is 30.9 Å². The van der Waals surface area contributed by atoms with E-state index in [1.807, 2.05) is 30.3 Å². The first-order chi connectivity index (χ1) is 14.1. The van der Waals surface area contributed by atoms with Crippen LogP contribution in [0.25, 0.3) is 0 Å². The van der Waals surface area contributed by atoms with E-state index in [1.54, 1.807) is 18.2 Å². The number of methoxy groups -OCH3 is 1. The molecule has 3 rings (SSSR count). The number of carbonyl (C=O) groups excluding carboxylic acids is 2. The summed E-state index contributed by atoms with van der Waals surface area (Å²) in [7, 11) is 1.47. The molecular weight excluding hydrogens is 369 g/mol. The summed E-state index contributed by atoms with van der Waals surface area (Å²) < 4.78 is 18.8. The summed E-state index contributed by atoms with van der Waals surface area (Å²) in [6.45, 7) is 0. The molecular formula is C24H22FNO3. The molecule has 3 aromatic carbocycles. The molecule has 0 aliphatic rings. The first-order valence-corrected chi connectivity index (χ1v) is 9.39. The smallest absolute Gasteiger partial charge is 0.255 e. The molecule has 148 valence electrons. The van der Waals surface area contributed by atoms with Crippen molar-refractivity contribution in [2.24, 2.45) is 0 Å². The standard InChI is InChI=1S/C24H22FNO3/c1-29-22-15-7-13-20(21(27)14-5-10-17-8-3-2-4-9-17)23(22)26-24(28)18-11-6-12-19(25)16-18/h2-4,6-9,11-13,15-16H,5,10,14H2,1H3,(H,26,28). The molecule has 0 atom stereocenters. The lowest BCUT2D eigenvalue weighted by Gasteiger charge is -2.14. The van der Waals surface area contributed by atoms with Crippen molar-refractivity contribution in [1.29, 1.82) is 0 Å². The SMILES string of the molecule is COc1cccc(C(=O)CCCc2ccccc2)c1NC(=O)c1cccc(F)c1. The van der Waals surface area contributed by atoms with Gasteiger partial charge in [-0.2, -0.15) is 0 Å². The molecule has 29 heavy (non-hydrogen) atoms. The van der Waals surface area contributed by atoms with Crippen molar-refractivity contribution < 1.29 is 18.7 Å². The van der Waals surface area contributed by atoms with Crippen LogP contribution in [0, 0.1) is 5.82 Å². The van der Waals surface area contributed by atoms with Gasteiger partial charge in [0, 0.05) is 17.5 Å². The van der Waals surface area contributed by atoms with E-state index < -0.39 is 11.7 Å². The Kier molecular flexibility index (Phi) is 6.74. The Hall–Kier alpha value is -3.47. The van der Waals surface area contributed by atoms with Gasteiger partial charge in [-0.3, -0.25) is 9.59 Å². The highest BCUT2D eigenvalue weighted by molar-refractivity contribution is 6.10. The zero-order chi connectivity index (χ0) is 20.6. The number of halogens is 1. The predicted molar refractivity (Wildman–Crippen MR) is 111 cm³/mol. The van der Waals surface area contributed by atoms with Crippen LogP contribution in [0.5, 0.6) is 5.75 Å². The molecule has 0 radical (unpaired) electrons. The molecule has 0 heterocycles. The van der Waals surface area contributed by atoms with Crippen molar-refractivity contribution in [3.05, 3.63) is 95.3 Å². The Balaban J connectivity index is 1.76. The zero-order valence-electron chi connectivity index (χ0n) is 16.2. The summed E-state index contributed by atoms with van der Waals surface area (Å²) in [5.74, 6) is -0.722. The Bertz CT molecular complexity index is 1000. The number of amides is 1. The fourth-order valence-corrected chi connectivity index (χ4v) is 3.11. The second kappa shape index (κ2) is 9.64. The van der Waals surface area contributed by atoms with E-state index in [2.05, 4.69) is 5.32 Å². The number of benzene rings is 3. The fraction of sp³-hybridized carbons (Fsp3) is 0.167. The molecule has 0 spiro atoms. The van der Waals surface area contributed by atoms with Gasteiger partial charge in [-0.25, -0.2) is 4.39 Å². The molecule has 0 unspecified atom stereocenters. The molecule has 4 nitrogen and oxygen atoms in total. The van der Waals surface area contributed by atoms with E-state index >= 15 is 0 Å². The lowest BCUT2D eigenvalue weighted by atomic mass is 10.0. The summed E-state index contributed by atoms with van der Waals surface area (Å²) in [5, 5.41) is 2.71. The minimum absolute atomic E-state index is 0.0885. The zero-order valence-corrected chi connectivity index (χ0v) is 16.2. The maximum atomic E-state index is 13.4. The maximum Gasteiger partial charge on any atom is 0.255 e. The topological polar surface area (TPSA) is 55.4 Å². The van der Waals surface area contributed by atoms with Gasteiger partial charge < -0.3 is 10.1 Å². The van der Waals surface area contributed by atoms with Crippen molar-refractivity contribution in [2.45, 2.75) is 19.3 Å². The van der Waals surface area contributed by atoms with Gasteiger partial charge in [0.15, 0.2) is 5.78 Å². The molecule has 5 heteroatoms. The molecule has 0 saturated heterocycles. The van der Waals surface area contributed by atoms with Crippen LogP contribution < -0.4 is 10.1 Å².